The van der Waals surface area contributed by atoms with Gasteiger partial charge in [0.25, 0.3) is 0 Å². The summed E-state index contributed by atoms with van der Waals surface area (Å²) in [7, 11) is 5.05. The largest absolute Gasteiger partial charge is 0.373 e. The lowest BCUT2D eigenvalue weighted by molar-refractivity contribution is 0.688. The van der Waals surface area contributed by atoms with Gasteiger partial charge in [-0.2, -0.15) is 12.6 Å². The van der Waals surface area contributed by atoms with Crippen molar-refractivity contribution >= 4 is 18.5 Å². The number of hydrogen-bond donors (Lipinski definition) is 2. The van der Waals surface area contributed by atoms with Gasteiger partial charge in [-0.1, -0.05) is 0 Å². The summed E-state index contributed by atoms with van der Waals surface area (Å²) >= 11 is 4.28. The van der Waals surface area contributed by atoms with Gasteiger partial charge >= 0.3 is 0 Å². The van der Waals surface area contributed by atoms with Gasteiger partial charge in [0.2, 0.25) is 0 Å². The van der Waals surface area contributed by atoms with Gasteiger partial charge < -0.3 is 5.32 Å². The van der Waals surface area contributed by atoms with Gasteiger partial charge in [0.1, 0.15) is 7.05 Å². The van der Waals surface area contributed by atoms with Crippen LogP contribution < -0.4 is 5.32 Å². The molecule has 1 fully saturated rings. The van der Waals surface area contributed by atoms with Crippen molar-refractivity contribution in [2.45, 2.75) is 18.1 Å². The molecule has 1 atom stereocenters. The maximum Gasteiger partial charge on any atom is 0.101 e. The van der Waals surface area contributed by atoms with E-state index in [1.807, 2.05) is 0 Å². The summed E-state index contributed by atoms with van der Waals surface area (Å²) in [5.41, 5.74) is 0. The van der Waals surface area contributed by atoms with Crippen LogP contribution >= 0.6 is 12.6 Å². The average Bonchev–Trinajstić information content (AvgIpc) is 1.90. The molecule has 1 aliphatic rings. The number of amidine groups is 1. The van der Waals surface area contributed by atoms with Crippen LogP contribution in [-0.4, -0.2) is 17.6 Å². The minimum Gasteiger partial charge on any atom is -0.373 e. The standard InChI is InChI=1S/C6H10N2S/c1-7-6-3-2-5(9)4-8-6/h1,5,8-9H,2-4H2. The Kier molecular flexibility index (Phi) is 2.39. The van der Waals surface area contributed by atoms with E-state index in [4.69, 9.17) is 7.05 Å². The molecule has 50 valence electrons. The molecule has 0 aliphatic carbocycles. The summed E-state index contributed by atoms with van der Waals surface area (Å²) in [6, 6.07) is 0. The average molecular weight is 142 g/mol. The first-order valence-electron chi connectivity index (χ1n) is 3.01. The van der Waals surface area contributed by atoms with Gasteiger partial charge in [-0.25, -0.2) is 0 Å². The Morgan fingerprint density at radius 2 is 2.56 bits per heavy atom. The Morgan fingerprint density at radius 1 is 1.78 bits per heavy atom. The zero-order chi connectivity index (χ0) is 6.69. The second-order valence-electron chi connectivity index (χ2n) is 2.15. The van der Waals surface area contributed by atoms with Gasteiger partial charge in [-0.05, 0) is 6.42 Å². The van der Waals surface area contributed by atoms with Crippen molar-refractivity contribution < 1.29 is 0 Å². The zero-order valence-electron chi connectivity index (χ0n) is 5.17. The highest BCUT2D eigenvalue weighted by Crippen LogP contribution is 2.08. The van der Waals surface area contributed by atoms with E-state index in [1.54, 1.807) is 0 Å². The molecule has 1 aliphatic heterocycles. The second-order valence-corrected chi connectivity index (χ2v) is 2.88. The zero-order valence-corrected chi connectivity index (χ0v) is 6.06. The van der Waals surface area contributed by atoms with Crippen molar-refractivity contribution in [1.29, 1.82) is 0 Å². The Labute approximate surface area is 61.2 Å². The van der Waals surface area contributed by atoms with Crippen LogP contribution in [0, 0.1) is 7.05 Å². The molecule has 2 nitrogen and oxygen atoms in total. The van der Waals surface area contributed by atoms with Crippen molar-refractivity contribution in [3.05, 3.63) is 7.05 Å². The highest BCUT2D eigenvalue weighted by molar-refractivity contribution is 7.81. The lowest BCUT2D eigenvalue weighted by Gasteiger charge is -2.19. The quantitative estimate of drug-likeness (QED) is 0.479. The Bertz CT molecular complexity index is 112. The summed E-state index contributed by atoms with van der Waals surface area (Å²) in [5, 5.41) is 3.54. The first kappa shape index (κ1) is 6.93. The van der Waals surface area contributed by atoms with Crippen molar-refractivity contribution in [3.8, 4) is 0 Å². The van der Waals surface area contributed by atoms with E-state index >= 15 is 0 Å². The van der Waals surface area contributed by atoms with Gasteiger partial charge in [-0.15, -0.1) is 0 Å². The SMILES string of the molecule is [CH]/N=C1\CCC(S)CN1. The second kappa shape index (κ2) is 3.11. The predicted molar refractivity (Wildman–Crippen MR) is 41.7 cm³/mol. The lowest BCUT2D eigenvalue weighted by atomic mass is 10.1. The van der Waals surface area contributed by atoms with Gasteiger partial charge in [-0.3, -0.25) is 4.99 Å². The smallest absolute Gasteiger partial charge is 0.101 e. The van der Waals surface area contributed by atoms with Crippen molar-refractivity contribution in [2.75, 3.05) is 6.54 Å². The number of nitrogens with zero attached hydrogens (tertiary/aromatic N) is 1. The topological polar surface area (TPSA) is 24.4 Å². The number of hydrogen-bond acceptors (Lipinski definition) is 2. The number of nitrogens with one attached hydrogen (secondary N) is 1. The minimum atomic E-state index is 0.468. The molecule has 0 spiro atoms. The van der Waals surface area contributed by atoms with E-state index in [2.05, 4.69) is 22.9 Å². The van der Waals surface area contributed by atoms with Gasteiger partial charge in [0.05, 0.1) is 5.84 Å². The first-order chi connectivity index (χ1) is 4.33. The number of rotatable bonds is 0. The highest BCUT2D eigenvalue weighted by Gasteiger charge is 2.11. The summed E-state index contributed by atoms with van der Waals surface area (Å²) < 4.78 is 0. The molecule has 1 rings (SSSR count). The predicted octanol–water partition coefficient (Wildman–Crippen LogP) is 0.735. The maximum atomic E-state index is 5.05. The minimum absolute atomic E-state index is 0.468. The van der Waals surface area contributed by atoms with Crippen LogP contribution in [0.1, 0.15) is 12.8 Å². The summed E-state index contributed by atoms with van der Waals surface area (Å²) in [6.45, 7) is 0.888. The van der Waals surface area contributed by atoms with E-state index in [9.17, 15) is 0 Å². The third kappa shape index (κ3) is 1.90. The van der Waals surface area contributed by atoms with Crippen LogP contribution in [0.3, 0.4) is 0 Å². The Balaban J connectivity index is 2.35. The lowest BCUT2D eigenvalue weighted by Crippen LogP contribution is -2.35. The molecule has 1 N–H and O–H groups in total. The highest BCUT2D eigenvalue weighted by atomic mass is 32.1. The molecular weight excluding hydrogens is 132 g/mol. The molecule has 1 heterocycles. The molecule has 9 heavy (non-hydrogen) atoms. The number of piperidine rings is 1. The fourth-order valence-corrected chi connectivity index (χ4v) is 1.06. The number of aliphatic imine (C=N–C) groups is 1. The van der Waals surface area contributed by atoms with E-state index in [0.717, 1.165) is 25.2 Å². The van der Waals surface area contributed by atoms with Crippen molar-refractivity contribution in [1.82, 2.24) is 5.32 Å². The van der Waals surface area contributed by atoms with E-state index in [1.165, 1.54) is 0 Å². The van der Waals surface area contributed by atoms with Crippen LogP contribution in [0.5, 0.6) is 0 Å². The molecule has 2 radical (unpaired) electrons. The normalized spacial score (nSPS) is 32.2. The van der Waals surface area contributed by atoms with E-state index in [0.29, 0.717) is 5.25 Å². The molecule has 0 saturated carbocycles. The molecule has 1 saturated heterocycles. The number of thiol groups is 1. The Hall–Kier alpha value is -0.180. The van der Waals surface area contributed by atoms with Crippen LogP contribution in [-0.2, 0) is 0 Å². The third-order valence-electron chi connectivity index (χ3n) is 1.41. The molecule has 0 bridgehead atoms. The molecule has 0 amide bonds. The van der Waals surface area contributed by atoms with Crippen molar-refractivity contribution in [3.63, 3.8) is 0 Å². The van der Waals surface area contributed by atoms with Crippen LogP contribution in [0.15, 0.2) is 4.99 Å². The molecule has 1 unspecified atom stereocenters. The third-order valence-corrected chi connectivity index (χ3v) is 1.85. The summed E-state index contributed by atoms with van der Waals surface area (Å²) in [5.74, 6) is 0.903. The molecular formula is C6H10N2S. The fraction of sp³-hybridized carbons (Fsp3) is 0.667. The van der Waals surface area contributed by atoms with Gasteiger partial charge in [0.15, 0.2) is 0 Å². The first-order valence-corrected chi connectivity index (χ1v) is 3.53. The van der Waals surface area contributed by atoms with Crippen LogP contribution in [0.2, 0.25) is 0 Å². The molecule has 0 aromatic heterocycles. The van der Waals surface area contributed by atoms with Crippen LogP contribution in [0.25, 0.3) is 0 Å². The Morgan fingerprint density at radius 3 is 3.00 bits per heavy atom. The molecule has 0 aromatic rings. The van der Waals surface area contributed by atoms with Crippen LogP contribution in [0.4, 0.5) is 0 Å². The molecule has 3 heteroatoms. The van der Waals surface area contributed by atoms with E-state index in [-0.39, 0.29) is 0 Å². The van der Waals surface area contributed by atoms with Crippen molar-refractivity contribution in [2.24, 2.45) is 4.99 Å². The summed E-state index contributed by atoms with van der Waals surface area (Å²) in [6.07, 6.45) is 2.01. The molecule has 0 aromatic carbocycles. The maximum absolute atomic E-state index is 5.05. The fourth-order valence-electron chi connectivity index (χ4n) is 0.840. The van der Waals surface area contributed by atoms with E-state index < -0.39 is 0 Å². The summed E-state index contributed by atoms with van der Waals surface area (Å²) in [4.78, 5) is 3.55. The monoisotopic (exact) mass is 142 g/mol. The van der Waals surface area contributed by atoms with Gasteiger partial charge in [0, 0.05) is 18.2 Å².